The summed E-state index contributed by atoms with van der Waals surface area (Å²) in [5.41, 5.74) is 1.50. The maximum atomic E-state index is 8.97. The van der Waals surface area contributed by atoms with Crippen molar-refractivity contribution in [3.05, 3.63) is 28.2 Å². The number of anilines is 1. The molecule has 0 aliphatic heterocycles. The van der Waals surface area contributed by atoms with Crippen molar-refractivity contribution < 1.29 is 4.74 Å². The Hall–Kier alpha value is -1.05. The largest absolute Gasteiger partial charge is 0.382 e. The highest BCUT2D eigenvalue weighted by Gasteiger charge is 2.01. The molecule has 0 spiro atoms. The van der Waals surface area contributed by atoms with Crippen LogP contribution in [0.5, 0.6) is 0 Å². The standard InChI is InChI=1S/C14H19BrN2O/c1-11(2)5-7-18-8-6-17-14-9-13(15)4-3-12(14)10-16/h3-4,9,11,17H,5-8H2,1-2H3. The number of nitrogens with zero attached hydrogens (tertiary/aromatic N) is 1. The Morgan fingerprint density at radius 1 is 1.39 bits per heavy atom. The molecule has 0 saturated heterocycles. The van der Waals surface area contributed by atoms with Crippen molar-refractivity contribution in [2.45, 2.75) is 20.3 Å². The number of hydrogen-bond acceptors (Lipinski definition) is 3. The van der Waals surface area contributed by atoms with E-state index in [0.717, 1.165) is 23.2 Å². The second-order valence-corrected chi connectivity index (χ2v) is 5.44. The Balaban J connectivity index is 2.31. The van der Waals surface area contributed by atoms with E-state index < -0.39 is 0 Å². The highest BCUT2D eigenvalue weighted by atomic mass is 79.9. The number of ether oxygens (including phenoxy) is 1. The van der Waals surface area contributed by atoms with Crippen molar-refractivity contribution in [3.63, 3.8) is 0 Å². The molecule has 0 atom stereocenters. The number of benzene rings is 1. The van der Waals surface area contributed by atoms with E-state index in [4.69, 9.17) is 10.00 Å². The monoisotopic (exact) mass is 310 g/mol. The van der Waals surface area contributed by atoms with Gasteiger partial charge in [-0.05, 0) is 30.5 Å². The molecule has 0 amide bonds. The minimum Gasteiger partial charge on any atom is -0.382 e. The van der Waals surface area contributed by atoms with E-state index in [0.29, 0.717) is 24.6 Å². The predicted octanol–water partition coefficient (Wildman–Crippen LogP) is 3.80. The summed E-state index contributed by atoms with van der Waals surface area (Å²) in [4.78, 5) is 0. The Morgan fingerprint density at radius 2 is 2.17 bits per heavy atom. The van der Waals surface area contributed by atoms with E-state index in [1.165, 1.54) is 0 Å². The zero-order chi connectivity index (χ0) is 13.4. The summed E-state index contributed by atoms with van der Waals surface area (Å²) in [7, 11) is 0. The van der Waals surface area contributed by atoms with Crippen LogP contribution in [-0.4, -0.2) is 19.8 Å². The average Bonchev–Trinajstić information content (AvgIpc) is 2.33. The Kier molecular flexibility index (Phi) is 6.77. The third-order valence-electron chi connectivity index (χ3n) is 2.50. The first kappa shape index (κ1) is 15.0. The molecule has 18 heavy (non-hydrogen) atoms. The zero-order valence-electron chi connectivity index (χ0n) is 10.9. The third kappa shape index (κ3) is 5.52. The zero-order valence-corrected chi connectivity index (χ0v) is 12.5. The molecule has 0 heterocycles. The topological polar surface area (TPSA) is 45.0 Å². The molecule has 0 aromatic heterocycles. The van der Waals surface area contributed by atoms with Gasteiger partial charge in [-0.2, -0.15) is 5.26 Å². The van der Waals surface area contributed by atoms with Gasteiger partial charge in [-0.3, -0.25) is 0 Å². The molecule has 0 unspecified atom stereocenters. The number of hydrogen-bond donors (Lipinski definition) is 1. The summed E-state index contributed by atoms with van der Waals surface area (Å²) < 4.78 is 6.48. The van der Waals surface area contributed by atoms with Gasteiger partial charge in [0.25, 0.3) is 0 Å². The van der Waals surface area contributed by atoms with Crippen molar-refractivity contribution in [2.75, 3.05) is 25.1 Å². The minimum atomic E-state index is 0.653. The van der Waals surface area contributed by atoms with Gasteiger partial charge in [-0.25, -0.2) is 0 Å². The number of halogens is 1. The molecule has 98 valence electrons. The van der Waals surface area contributed by atoms with Crippen molar-refractivity contribution >= 4 is 21.6 Å². The van der Waals surface area contributed by atoms with Gasteiger partial charge >= 0.3 is 0 Å². The Labute approximate surface area is 117 Å². The van der Waals surface area contributed by atoms with Crippen molar-refractivity contribution in [2.24, 2.45) is 5.92 Å². The van der Waals surface area contributed by atoms with Crippen LogP contribution in [-0.2, 0) is 4.74 Å². The highest BCUT2D eigenvalue weighted by Crippen LogP contribution is 2.20. The summed E-state index contributed by atoms with van der Waals surface area (Å²) in [5.74, 6) is 0.674. The molecule has 0 bridgehead atoms. The van der Waals surface area contributed by atoms with Crippen LogP contribution < -0.4 is 5.32 Å². The van der Waals surface area contributed by atoms with Gasteiger partial charge in [0.1, 0.15) is 6.07 Å². The molecule has 1 aromatic carbocycles. The van der Waals surface area contributed by atoms with E-state index in [1.807, 2.05) is 12.1 Å². The summed E-state index contributed by atoms with van der Waals surface area (Å²) in [6, 6.07) is 7.74. The fourth-order valence-electron chi connectivity index (χ4n) is 1.44. The molecule has 0 aliphatic rings. The van der Waals surface area contributed by atoms with Crippen molar-refractivity contribution in [1.82, 2.24) is 0 Å². The number of rotatable bonds is 7. The van der Waals surface area contributed by atoms with Gasteiger partial charge in [-0.1, -0.05) is 29.8 Å². The van der Waals surface area contributed by atoms with Crippen molar-refractivity contribution in [1.29, 1.82) is 5.26 Å². The predicted molar refractivity (Wildman–Crippen MR) is 77.6 cm³/mol. The number of nitrogens with one attached hydrogen (secondary N) is 1. The molecule has 0 aliphatic carbocycles. The lowest BCUT2D eigenvalue weighted by Crippen LogP contribution is -2.11. The Bertz CT molecular complexity index is 413. The normalized spacial score (nSPS) is 10.4. The van der Waals surface area contributed by atoms with Crippen LogP contribution in [0.1, 0.15) is 25.8 Å². The van der Waals surface area contributed by atoms with Crippen LogP contribution in [0.2, 0.25) is 0 Å². The van der Waals surface area contributed by atoms with E-state index >= 15 is 0 Å². The second kappa shape index (κ2) is 8.12. The van der Waals surface area contributed by atoms with E-state index in [1.54, 1.807) is 6.07 Å². The first-order valence-electron chi connectivity index (χ1n) is 6.14. The van der Waals surface area contributed by atoms with Gasteiger partial charge in [0.05, 0.1) is 17.9 Å². The fourth-order valence-corrected chi connectivity index (χ4v) is 1.80. The van der Waals surface area contributed by atoms with Gasteiger partial charge in [-0.15, -0.1) is 0 Å². The maximum Gasteiger partial charge on any atom is 0.101 e. The van der Waals surface area contributed by atoms with Gasteiger partial charge in [0.2, 0.25) is 0 Å². The lowest BCUT2D eigenvalue weighted by atomic mass is 10.1. The molecule has 1 rings (SSSR count). The first-order valence-corrected chi connectivity index (χ1v) is 6.94. The first-order chi connectivity index (χ1) is 8.63. The molecule has 0 fully saturated rings. The van der Waals surface area contributed by atoms with Crippen molar-refractivity contribution in [3.8, 4) is 6.07 Å². The van der Waals surface area contributed by atoms with E-state index in [2.05, 4.69) is 41.2 Å². The summed E-state index contributed by atoms with van der Waals surface area (Å²) in [6.45, 7) is 6.53. The molecule has 0 saturated carbocycles. The van der Waals surface area contributed by atoms with Crippen LogP contribution in [0.15, 0.2) is 22.7 Å². The fraction of sp³-hybridized carbons (Fsp3) is 0.500. The lowest BCUT2D eigenvalue weighted by molar-refractivity contribution is 0.132. The van der Waals surface area contributed by atoms with E-state index in [9.17, 15) is 0 Å². The average molecular weight is 311 g/mol. The van der Waals surface area contributed by atoms with Gasteiger partial charge < -0.3 is 10.1 Å². The highest BCUT2D eigenvalue weighted by molar-refractivity contribution is 9.10. The molecule has 0 radical (unpaired) electrons. The van der Waals surface area contributed by atoms with Crippen LogP contribution in [0, 0.1) is 17.2 Å². The van der Waals surface area contributed by atoms with Crippen LogP contribution in [0.3, 0.4) is 0 Å². The van der Waals surface area contributed by atoms with Crippen LogP contribution >= 0.6 is 15.9 Å². The summed E-state index contributed by atoms with van der Waals surface area (Å²) >= 11 is 3.39. The van der Waals surface area contributed by atoms with Gasteiger partial charge in [0, 0.05) is 17.6 Å². The quantitative estimate of drug-likeness (QED) is 0.779. The smallest absolute Gasteiger partial charge is 0.101 e. The van der Waals surface area contributed by atoms with Crippen LogP contribution in [0.25, 0.3) is 0 Å². The number of nitriles is 1. The van der Waals surface area contributed by atoms with Gasteiger partial charge in [0.15, 0.2) is 0 Å². The third-order valence-corrected chi connectivity index (χ3v) is 3.00. The summed E-state index contributed by atoms with van der Waals surface area (Å²) in [5, 5.41) is 12.2. The minimum absolute atomic E-state index is 0.653. The summed E-state index contributed by atoms with van der Waals surface area (Å²) in [6.07, 6.45) is 1.08. The molecule has 4 heteroatoms. The molecular weight excluding hydrogens is 292 g/mol. The molecule has 3 nitrogen and oxygen atoms in total. The molecular formula is C14H19BrN2O. The lowest BCUT2D eigenvalue weighted by Gasteiger charge is -2.10. The second-order valence-electron chi connectivity index (χ2n) is 4.52. The van der Waals surface area contributed by atoms with Crippen LogP contribution in [0.4, 0.5) is 5.69 Å². The maximum absolute atomic E-state index is 8.97. The SMILES string of the molecule is CC(C)CCOCCNc1cc(Br)ccc1C#N. The Morgan fingerprint density at radius 3 is 2.83 bits per heavy atom. The molecule has 1 aromatic rings. The molecule has 1 N–H and O–H groups in total. The van der Waals surface area contributed by atoms with E-state index in [-0.39, 0.29) is 0 Å².